The normalized spacial score (nSPS) is 13.8. The fourth-order valence-corrected chi connectivity index (χ4v) is 1.56. The van der Waals surface area contributed by atoms with Gasteiger partial charge in [-0.1, -0.05) is 17.7 Å². The van der Waals surface area contributed by atoms with Gasteiger partial charge in [-0.15, -0.1) is 10.2 Å². The van der Waals surface area contributed by atoms with Crippen LogP contribution >= 0.6 is 0 Å². The van der Waals surface area contributed by atoms with Gasteiger partial charge in [0.05, 0.1) is 0 Å². The van der Waals surface area contributed by atoms with Crippen molar-refractivity contribution in [3.8, 4) is 11.5 Å². The van der Waals surface area contributed by atoms with Gasteiger partial charge in [0.15, 0.2) is 5.60 Å². The van der Waals surface area contributed by atoms with Crippen LogP contribution in [0.4, 0.5) is 0 Å². The van der Waals surface area contributed by atoms with Crippen LogP contribution in [0.3, 0.4) is 0 Å². The highest BCUT2D eigenvalue weighted by Crippen LogP contribution is 2.24. The summed E-state index contributed by atoms with van der Waals surface area (Å²) in [7, 11) is 0. The van der Waals surface area contributed by atoms with Gasteiger partial charge in [-0.05, 0) is 26.0 Å². The first-order valence-corrected chi connectivity index (χ1v) is 6.15. The molecule has 2 aromatic rings. The van der Waals surface area contributed by atoms with E-state index in [0.29, 0.717) is 5.89 Å². The number of aryl methyl sites for hydroxylation is 1. The molecule has 0 aliphatic carbocycles. The number of carbonyl (C=O) groups excluding carboxylic acids is 1. The Kier molecular flexibility index (Phi) is 3.85. The quantitative estimate of drug-likeness (QED) is 0.857. The van der Waals surface area contributed by atoms with Crippen LogP contribution in [0, 0.1) is 6.92 Å². The lowest BCUT2D eigenvalue weighted by Gasteiger charge is -2.17. The predicted octanol–water partition coefficient (Wildman–Crippen LogP) is 1.82. The molecule has 20 heavy (non-hydrogen) atoms. The average Bonchev–Trinajstić information content (AvgIpc) is 2.88. The van der Waals surface area contributed by atoms with Crippen molar-refractivity contribution < 1.29 is 19.1 Å². The number of benzene rings is 1. The maximum absolute atomic E-state index is 10.8. The summed E-state index contributed by atoms with van der Waals surface area (Å²) >= 11 is 0. The Morgan fingerprint density at radius 1 is 1.35 bits per heavy atom. The molecule has 0 bridgehead atoms. The van der Waals surface area contributed by atoms with Crippen molar-refractivity contribution in [3.05, 3.63) is 35.7 Å². The number of nitrogens with zero attached hydrogens (tertiary/aromatic N) is 2. The zero-order valence-electron chi connectivity index (χ0n) is 11.6. The van der Waals surface area contributed by atoms with E-state index in [9.17, 15) is 9.90 Å². The van der Waals surface area contributed by atoms with Gasteiger partial charge < -0.3 is 14.3 Å². The minimum Gasteiger partial charge on any atom is -0.462 e. The fraction of sp³-hybridized carbons (Fsp3) is 0.357. The van der Waals surface area contributed by atoms with Gasteiger partial charge in [-0.3, -0.25) is 4.79 Å². The van der Waals surface area contributed by atoms with Crippen molar-refractivity contribution in [3.63, 3.8) is 0 Å². The number of ether oxygens (including phenoxy) is 1. The number of hydrogen-bond acceptors (Lipinski definition) is 6. The third-order valence-electron chi connectivity index (χ3n) is 2.74. The Balaban J connectivity index is 2.19. The van der Waals surface area contributed by atoms with Crippen LogP contribution in [0.15, 0.2) is 28.7 Å². The lowest BCUT2D eigenvalue weighted by molar-refractivity contribution is -0.149. The largest absolute Gasteiger partial charge is 0.462 e. The Labute approximate surface area is 116 Å². The van der Waals surface area contributed by atoms with E-state index in [-0.39, 0.29) is 12.5 Å². The minimum absolute atomic E-state index is 0.00863. The molecule has 1 N–H and O–H groups in total. The van der Waals surface area contributed by atoms with E-state index in [1.807, 2.05) is 31.2 Å². The molecular weight excluding hydrogens is 260 g/mol. The molecule has 2 rings (SSSR count). The Morgan fingerprint density at radius 2 is 2.00 bits per heavy atom. The molecule has 6 nitrogen and oxygen atoms in total. The second-order valence-electron chi connectivity index (χ2n) is 4.83. The molecule has 1 aromatic heterocycles. The standard InChI is InChI=1S/C14H16N2O4/c1-9-4-6-11(7-5-9)12-15-16-13(20-12)14(3,18)8-19-10(2)17/h4-7,18H,8H2,1-3H3. The highest BCUT2D eigenvalue weighted by Gasteiger charge is 2.31. The molecule has 106 valence electrons. The Morgan fingerprint density at radius 3 is 2.60 bits per heavy atom. The monoisotopic (exact) mass is 276 g/mol. The van der Waals surface area contributed by atoms with E-state index in [4.69, 9.17) is 9.15 Å². The summed E-state index contributed by atoms with van der Waals surface area (Å²) in [5, 5.41) is 17.9. The summed E-state index contributed by atoms with van der Waals surface area (Å²) in [4.78, 5) is 10.8. The van der Waals surface area contributed by atoms with Crippen molar-refractivity contribution in [2.75, 3.05) is 6.61 Å². The van der Waals surface area contributed by atoms with Gasteiger partial charge in [0.1, 0.15) is 6.61 Å². The van der Waals surface area contributed by atoms with Crippen LogP contribution in [0.1, 0.15) is 25.3 Å². The smallest absolute Gasteiger partial charge is 0.302 e. The molecule has 6 heteroatoms. The van der Waals surface area contributed by atoms with Gasteiger partial charge in [0, 0.05) is 12.5 Å². The highest BCUT2D eigenvalue weighted by molar-refractivity contribution is 5.65. The van der Waals surface area contributed by atoms with E-state index >= 15 is 0 Å². The van der Waals surface area contributed by atoms with Crippen molar-refractivity contribution >= 4 is 5.97 Å². The molecule has 0 radical (unpaired) electrons. The summed E-state index contributed by atoms with van der Waals surface area (Å²) in [6, 6.07) is 7.56. The van der Waals surface area contributed by atoms with Crippen LogP contribution in [-0.4, -0.2) is 27.9 Å². The van der Waals surface area contributed by atoms with Crippen molar-refractivity contribution in [1.82, 2.24) is 10.2 Å². The third-order valence-corrected chi connectivity index (χ3v) is 2.74. The van der Waals surface area contributed by atoms with Gasteiger partial charge in [0.2, 0.25) is 5.89 Å². The number of rotatable bonds is 4. The van der Waals surface area contributed by atoms with Gasteiger partial charge in [0.25, 0.3) is 5.89 Å². The molecule has 0 fully saturated rings. The molecule has 1 aromatic carbocycles. The first-order chi connectivity index (χ1) is 9.38. The molecule has 0 aliphatic heterocycles. The van der Waals surface area contributed by atoms with E-state index in [1.165, 1.54) is 13.8 Å². The average molecular weight is 276 g/mol. The van der Waals surface area contributed by atoms with Crippen molar-refractivity contribution in [2.24, 2.45) is 0 Å². The Hall–Kier alpha value is -2.21. The molecule has 0 saturated heterocycles. The number of carbonyl (C=O) groups is 1. The van der Waals surface area contributed by atoms with Crippen molar-refractivity contribution in [1.29, 1.82) is 0 Å². The van der Waals surface area contributed by atoms with E-state index in [0.717, 1.165) is 11.1 Å². The number of esters is 1. The zero-order chi connectivity index (χ0) is 14.8. The molecule has 1 unspecified atom stereocenters. The molecule has 0 saturated carbocycles. The SMILES string of the molecule is CC(=O)OCC(C)(O)c1nnc(-c2ccc(C)cc2)o1. The van der Waals surface area contributed by atoms with Gasteiger partial charge in [-0.2, -0.15) is 0 Å². The topological polar surface area (TPSA) is 85.5 Å². The van der Waals surface area contributed by atoms with E-state index in [1.54, 1.807) is 0 Å². The minimum atomic E-state index is -1.51. The lowest BCUT2D eigenvalue weighted by Crippen LogP contribution is -2.29. The summed E-state index contributed by atoms with van der Waals surface area (Å²) in [5.41, 5.74) is 0.370. The van der Waals surface area contributed by atoms with E-state index < -0.39 is 11.6 Å². The lowest BCUT2D eigenvalue weighted by atomic mass is 10.1. The van der Waals surface area contributed by atoms with E-state index in [2.05, 4.69) is 10.2 Å². The summed E-state index contributed by atoms with van der Waals surface area (Å²) in [6.07, 6.45) is 0. The number of hydrogen-bond donors (Lipinski definition) is 1. The molecular formula is C14H16N2O4. The molecule has 1 atom stereocenters. The van der Waals surface area contributed by atoms with Gasteiger partial charge >= 0.3 is 5.97 Å². The maximum atomic E-state index is 10.8. The summed E-state index contributed by atoms with van der Waals surface area (Å²) in [6.45, 7) is 4.45. The third kappa shape index (κ3) is 3.21. The van der Waals surface area contributed by atoms with Crippen LogP contribution < -0.4 is 0 Å². The molecule has 1 heterocycles. The van der Waals surface area contributed by atoms with Crippen LogP contribution in [-0.2, 0) is 15.1 Å². The van der Waals surface area contributed by atoms with Gasteiger partial charge in [-0.25, -0.2) is 0 Å². The Bertz CT molecular complexity index is 602. The second-order valence-corrected chi connectivity index (χ2v) is 4.83. The van der Waals surface area contributed by atoms with Crippen LogP contribution in [0.25, 0.3) is 11.5 Å². The van der Waals surface area contributed by atoms with Crippen LogP contribution in [0.5, 0.6) is 0 Å². The first kappa shape index (κ1) is 14.2. The fourth-order valence-electron chi connectivity index (χ4n) is 1.56. The van der Waals surface area contributed by atoms with Crippen molar-refractivity contribution in [2.45, 2.75) is 26.4 Å². The predicted molar refractivity (Wildman–Crippen MR) is 70.7 cm³/mol. The summed E-state index contributed by atoms with van der Waals surface area (Å²) < 4.78 is 10.2. The molecule has 0 aliphatic rings. The van der Waals surface area contributed by atoms with Crippen LogP contribution in [0.2, 0.25) is 0 Å². The molecule has 0 amide bonds. The maximum Gasteiger partial charge on any atom is 0.302 e. The molecule has 0 spiro atoms. The first-order valence-electron chi connectivity index (χ1n) is 6.15. The highest BCUT2D eigenvalue weighted by atomic mass is 16.5. The zero-order valence-corrected chi connectivity index (χ0v) is 11.6. The number of aromatic nitrogens is 2. The second kappa shape index (κ2) is 5.42. The summed E-state index contributed by atoms with van der Waals surface area (Å²) in [5.74, 6) is -0.166. The number of aliphatic hydroxyl groups is 1.